The lowest BCUT2D eigenvalue weighted by Crippen LogP contribution is -2.41. The summed E-state index contributed by atoms with van der Waals surface area (Å²) in [6.07, 6.45) is 3.20. The number of hydrogen-bond donors (Lipinski definition) is 2. The van der Waals surface area contributed by atoms with Crippen LogP contribution in [0.4, 0.5) is 0 Å². The van der Waals surface area contributed by atoms with E-state index in [0.29, 0.717) is 6.42 Å². The topological polar surface area (TPSA) is 41.1 Å². The number of carbonyl (C=O) groups excluding carboxylic acids is 1. The highest BCUT2D eigenvalue weighted by atomic mass is 16.1. The SMILES string of the molecule is CC(C)(C)NC(=O)CCNCc1cccc(C2CC2)c1. The normalized spacial score (nSPS) is 15.2. The van der Waals surface area contributed by atoms with Crippen molar-refractivity contribution in [1.82, 2.24) is 10.6 Å². The van der Waals surface area contributed by atoms with E-state index in [-0.39, 0.29) is 11.4 Å². The summed E-state index contributed by atoms with van der Waals surface area (Å²) in [7, 11) is 0. The van der Waals surface area contributed by atoms with Gasteiger partial charge in [0, 0.05) is 25.0 Å². The minimum Gasteiger partial charge on any atom is -0.351 e. The largest absolute Gasteiger partial charge is 0.351 e. The molecule has 110 valence electrons. The van der Waals surface area contributed by atoms with E-state index in [1.54, 1.807) is 0 Å². The predicted molar refractivity (Wildman–Crippen MR) is 82.6 cm³/mol. The van der Waals surface area contributed by atoms with Crippen molar-refractivity contribution in [2.45, 2.75) is 58.0 Å². The maximum atomic E-state index is 11.7. The second-order valence-electron chi connectivity index (χ2n) is 6.74. The second kappa shape index (κ2) is 6.40. The zero-order valence-electron chi connectivity index (χ0n) is 12.8. The van der Waals surface area contributed by atoms with Crippen molar-refractivity contribution in [2.24, 2.45) is 0 Å². The first-order valence-corrected chi connectivity index (χ1v) is 7.54. The zero-order valence-corrected chi connectivity index (χ0v) is 12.8. The molecule has 0 heterocycles. The fourth-order valence-electron chi connectivity index (χ4n) is 2.29. The molecule has 1 fully saturated rings. The molecule has 0 aromatic heterocycles. The van der Waals surface area contributed by atoms with E-state index < -0.39 is 0 Å². The molecule has 0 spiro atoms. The van der Waals surface area contributed by atoms with Gasteiger partial charge in [0.05, 0.1) is 0 Å². The molecule has 20 heavy (non-hydrogen) atoms. The zero-order chi connectivity index (χ0) is 14.6. The molecule has 0 atom stereocenters. The summed E-state index contributed by atoms with van der Waals surface area (Å²) in [5, 5.41) is 6.32. The number of nitrogens with one attached hydrogen (secondary N) is 2. The van der Waals surface area contributed by atoms with Gasteiger partial charge in [0.25, 0.3) is 0 Å². The summed E-state index contributed by atoms with van der Waals surface area (Å²) < 4.78 is 0. The molecule has 2 rings (SSSR count). The smallest absolute Gasteiger partial charge is 0.221 e. The van der Waals surface area contributed by atoms with Gasteiger partial charge in [-0.2, -0.15) is 0 Å². The Kier molecular flexibility index (Phi) is 4.81. The number of amides is 1. The number of benzene rings is 1. The van der Waals surface area contributed by atoms with Gasteiger partial charge in [-0.15, -0.1) is 0 Å². The van der Waals surface area contributed by atoms with Crippen LogP contribution in [-0.2, 0) is 11.3 Å². The van der Waals surface area contributed by atoms with Crippen molar-refractivity contribution in [3.63, 3.8) is 0 Å². The van der Waals surface area contributed by atoms with E-state index in [1.807, 2.05) is 20.8 Å². The van der Waals surface area contributed by atoms with Crippen LogP contribution in [-0.4, -0.2) is 18.0 Å². The fourth-order valence-corrected chi connectivity index (χ4v) is 2.29. The lowest BCUT2D eigenvalue weighted by Gasteiger charge is -2.20. The van der Waals surface area contributed by atoms with E-state index >= 15 is 0 Å². The van der Waals surface area contributed by atoms with Crippen LogP contribution in [0, 0.1) is 0 Å². The van der Waals surface area contributed by atoms with Gasteiger partial charge in [-0.05, 0) is 50.7 Å². The maximum absolute atomic E-state index is 11.7. The molecular formula is C17H26N2O. The molecule has 1 aliphatic rings. The number of hydrogen-bond acceptors (Lipinski definition) is 2. The Morgan fingerprint density at radius 3 is 2.70 bits per heavy atom. The van der Waals surface area contributed by atoms with Gasteiger partial charge < -0.3 is 10.6 Å². The van der Waals surface area contributed by atoms with Crippen LogP contribution in [0.2, 0.25) is 0 Å². The molecule has 1 saturated carbocycles. The highest BCUT2D eigenvalue weighted by molar-refractivity contribution is 5.76. The Morgan fingerprint density at radius 2 is 2.05 bits per heavy atom. The molecule has 0 saturated heterocycles. The van der Waals surface area contributed by atoms with Gasteiger partial charge in [0.1, 0.15) is 0 Å². The standard InChI is InChI=1S/C17H26N2O/c1-17(2,3)19-16(20)9-10-18-12-13-5-4-6-15(11-13)14-7-8-14/h4-6,11,14,18H,7-10,12H2,1-3H3,(H,19,20). The lowest BCUT2D eigenvalue weighted by atomic mass is 10.1. The third-order valence-corrected chi connectivity index (χ3v) is 3.37. The Balaban J connectivity index is 1.68. The molecule has 1 aromatic carbocycles. The molecule has 3 nitrogen and oxygen atoms in total. The van der Waals surface area contributed by atoms with Crippen molar-refractivity contribution < 1.29 is 4.79 Å². The van der Waals surface area contributed by atoms with Crippen LogP contribution >= 0.6 is 0 Å². The summed E-state index contributed by atoms with van der Waals surface area (Å²) in [6, 6.07) is 8.79. The second-order valence-corrected chi connectivity index (χ2v) is 6.74. The van der Waals surface area contributed by atoms with Gasteiger partial charge >= 0.3 is 0 Å². The van der Waals surface area contributed by atoms with Crippen molar-refractivity contribution in [3.05, 3.63) is 35.4 Å². The quantitative estimate of drug-likeness (QED) is 0.783. The van der Waals surface area contributed by atoms with E-state index in [4.69, 9.17) is 0 Å². The molecule has 0 bridgehead atoms. The molecule has 1 amide bonds. The van der Waals surface area contributed by atoms with Crippen molar-refractivity contribution >= 4 is 5.91 Å². The molecule has 0 radical (unpaired) electrons. The van der Waals surface area contributed by atoms with Crippen LogP contribution in [0.1, 0.15) is 57.1 Å². The Morgan fingerprint density at radius 1 is 1.30 bits per heavy atom. The first-order chi connectivity index (χ1) is 9.44. The van der Waals surface area contributed by atoms with Crippen LogP contribution in [0.3, 0.4) is 0 Å². The van der Waals surface area contributed by atoms with Crippen LogP contribution in [0.25, 0.3) is 0 Å². The molecular weight excluding hydrogens is 248 g/mol. The van der Waals surface area contributed by atoms with Crippen molar-refractivity contribution in [2.75, 3.05) is 6.54 Å². The predicted octanol–water partition coefficient (Wildman–Crippen LogP) is 2.96. The third-order valence-electron chi connectivity index (χ3n) is 3.37. The summed E-state index contributed by atoms with van der Waals surface area (Å²) in [5.74, 6) is 0.907. The van der Waals surface area contributed by atoms with E-state index in [0.717, 1.165) is 19.0 Å². The molecule has 1 aromatic rings. The minimum absolute atomic E-state index is 0.108. The van der Waals surface area contributed by atoms with E-state index in [2.05, 4.69) is 34.9 Å². The molecule has 1 aliphatic carbocycles. The molecule has 3 heteroatoms. The third kappa shape index (κ3) is 5.33. The summed E-state index contributed by atoms with van der Waals surface area (Å²) in [5.41, 5.74) is 2.63. The average Bonchev–Trinajstić information content (AvgIpc) is 3.17. The summed E-state index contributed by atoms with van der Waals surface area (Å²) in [6.45, 7) is 7.56. The van der Waals surface area contributed by atoms with E-state index in [9.17, 15) is 4.79 Å². The van der Waals surface area contributed by atoms with Crippen LogP contribution in [0.15, 0.2) is 24.3 Å². The Bertz CT molecular complexity index is 458. The molecule has 2 N–H and O–H groups in total. The molecule has 0 aliphatic heterocycles. The Labute approximate surface area is 122 Å². The monoisotopic (exact) mass is 274 g/mol. The van der Waals surface area contributed by atoms with Gasteiger partial charge in [-0.25, -0.2) is 0 Å². The van der Waals surface area contributed by atoms with E-state index in [1.165, 1.54) is 24.0 Å². The summed E-state index contributed by atoms with van der Waals surface area (Å²) in [4.78, 5) is 11.7. The lowest BCUT2D eigenvalue weighted by molar-refractivity contribution is -0.122. The minimum atomic E-state index is -0.143. The van der Waals surface area contributed by atoms with Crippen LogP contribution < -0.4 is 10.6 Å². The number of carbonyl (C=O) groups is 1. The maximum Gasteiger partial charge on any atom is 0.221 e. The number of rotatable bonds is 6. The highest BCUT2D eigenvalue weighted by Crippen LogP contribution is 2.40. The van der Waals surface area contributed by atoms with Crippen LogP contribution in [0.5, 0.6) is 0 Å². The molecule has 0 unspecified atom stereocenters. The van der Waals surface area contributed by atoms with Gasteiger partial charge in [-0.3, -0.25) is 4.79 Å². The summed E-state index contributed by atoms with van der Waals surface area (Å²) >= 11 is 0. The van der Waals surface area contributed by atoms with Crippen molar-refractivity contribution in [3.8, 4) is 0 Å². The van der Waals surface area contributed by atoms with Gasteiger partial charge in [0.15, 0.2) is 0 Å². The first kappa shape index (κ1) is 15.0. The van der Waals surface area contributed by atoms with Gasteiger partial charge in [0.2, 0.25) is 5.91 Å². The Hall–Kier alpha value is -1.35. The average molecular weight is 274 g/mol. The highest BCUT2D eigenvalue weighted by Gasteiger charge is 2.23. The first-order valence-electron chi connectivity index (χ1n) is 7.54. The van der Waals surface area contributed by atoms with Gasteiger partial charge in [-0.1, -0.05) is 24.3 Å². The van der Waals surface area contributed by atoms with Crippen molar-refractivity contribution in [1.29, 1.82) is 0 Å². The fraction of sp³-hybridized carbons (Fsp3) is 0.588.